The number of carbonyl (C=O) groups is 1. The highest BCUT2D eigenvalue weighted by atomic mass is 35.5. The van der Waals surface area contributed by atoms with Crippen LogP contribution >= 0.6 is 11.6 Å². The zero-order chi connectivity index (χ0) is 34.5. The molecule has 4 atom stereocenters. The number of nitrogen functional groups attached to an aromatic ring is 1. The Morgan fingerprint density at radius 3 is 2.50 bits per heavy atom. The molecule has 4 aliphatic rings. The number of methoxy groups -OCH3 is 1. The first-order valence-corrected chi connectivity index (χ1v) is 15.7. The van der Waals surface area contributed by atoms with E-state index < -0.39 is 62.5 Å². The molecule has 2 unspecified atom stereocenters. The van der Waals surface area contributed by atoms with E-state index in [0.29, 0.717) is 19.5 Å². The van der Waals surface area contributed by atoms with E-state index in [9.17, 15) is 17.6 Å². The van der Waals surface area contributed by atoms with Gasteiger partial charge in [-0.1, -0.05) is 11.6 Å². The lowest BCUT2D eigenvalue weighted by Crippen LogP contribution is -2.51. The summed E-state index contributed by atoms with van der Waals surface area (Å²) in [5.41, 5.74) is 1.11. The lowest BCUT2D eigenvalue weighted by molar-refractivity contribution is -0.137. The van der Waals surface area contributed by atoms with E-state index in [1.807, 2.05) is 9.80 Å². The number of ether oxygens (including phenoxy) is 2. The van der Waals surface area contributed by atoms with Gasteiger partial charge in [-0.3, -0.25) is 9.69 Å². The molecule has 4 fully saturated rings. The summed E-state index contributed by atoms with van der Waals surface area (Å²) in [6.07, 6.45) is -2.46. The molecule has 0 saturated carbocycles. The maximum absolute atomic E-state index is 16.7. The summed E-state index contributed by atoms with van der Waals surface area (Å²) in [6, 6.07) is 1.63. The maximum Gasteiger partial charge on any atom is 0.418 e. The van der Waals surface area contributed by atoms with Crippen LogP contribution in [0.4, 0.5) is 37.8 Å². The smallest absolute Gasteiger partial charge is 0.418 e. The van der Waals surface area contributed by atoms with Gasteiger partial charge in [0.2, 0.25) is 0 Å². The van der Waals surface area contributed by atoms with Gasteiger partial charge in [0.15, 0.2) is 17.4 Å². The van der Waals surface area contributed by atoms with Gasteiger partial charge in [0.1, 0.15) is 24.1 Å². The number of carboxylic acid groups (broad SMARTS) is 1. The number of rotatable bonds is 6. The van der Waals surface area contributed by atoms with Crippen molar-refractivity contribution in [1.82, 2.24) is 20.2 Å². The van der Waals surface area contributed by atoms with Crippen LogP contribution in [0.25, 0.3) is 22.0 Å². The Morgan fingerprint density at radius 2 is 1.85 bits per heavy atom. The molecule has 5 heterocycles. The number of aromatic nitrogens is 2. The van der Waals surface area contributed by atoms with E-state index in [1.54, 1.807) is 0 Å². The van der Waals surface area contributed by atoms with E-state index in [-0.39, 0.29) is 61.0 Å². The summed E-state index contributed by atoms with van der Waals surface area (Å²) < 4.78 is 102. The number of nitrogens with two attached hydrogens (primary N) is 1. The SMILES string of the molecule is COc1c(F)c(-c2cc(N)cc(Cl)c2C(F)(F)F)c(F)c2nc(OC[C@@]34CCCN3C[C@H](F)C4)nc(N3CC4CCC(C3)N4)c12.O=CO. The van der Waals surface area contributed by atoms with Crippen molar-refractivity contribution in [2.45, 2.75) is 62.1 Å². The average Bonchev–Trinajstić information content (AvgIpc) is 3.65. The third-order valence-electron chi connectivity index (χ3n) is 9.56. The average molecular weight is 703 g/mol. The largest absolute Gasteiger partial charge is 0.493 e. The highest BCUT2D eigenvalue weighted by Gasteiger charge is 2.49. The molecule has 0 spiro atoms. The minimum Gasteiger partial charge on any atom is -0.493 e. The van der Waals surface area contributed by atoms with Crippen molar-refractivity contribution in [3.05, 3.63) is 34.4 Å². The molecule has 0 amide bonds. The molecule has 10 nitrogen and oxygen atoms in total. The van der Waals surface area contributed by atoms with E-state index in [0.717, 1.165) is 45.0 Å². The Bertz CT molecular complexity index is 1720. The van der Waals surface area contributed by atoms with Crippen LogP contribution in [0.1, 0.15) is 37.7 Å². The second-order valence-electron chi connectivity index (χ2n) is 12.5. The highest BCUT2D eigenvalue weighted by Crippen LogP contribution is 2.49. The number of hydrogen-bond donors (Lipinski definition) is 3. The zero-order valence-corrected chi connectivity index (χ0v) is 26.5. The van der Waals surface area contributed by atoms with E-state index in [2.05, 4.69) is 15.3 Å². The van der Waals surface area contributed by atoms with Crippen molar-refractivity contribution in [3.8, 4) is 22.9 Å². The van der Waals surface area contributed by atoms with Crippen LogP contribution in [-0.4, -0.2) is 90.1 Å². The maximum atomic E-state index is 16.7. The van der Waals surface area contributed by atoms with Gasteiger partial charge in [-0.05, 0) is 44.4 Å². The van der Waals surface area contributed by atoms with Gasteiger partial charge in [-0.25, -0.2) is 13.2 Å². The summed E-state index contributed by atoms with van der Waals surface area (Å²) in [5, 5.41) is 9.42. The Labute approximate surface area is 276 Å². The minimum atomic E-state index is -5.08. The van der Waals surface area contributed by atoms with Gasteiger partial charge in [-0.2, -0.15) is 23.1 Å². The first-order valence-electron chi connectivity index (χ1n) is 15.3. The third kappa shape index (κ3) is 6.02. The Hall–Kier alpha value is -3.76. The summed E-state index contributed by atoms with van der Waals surface area (Å²) in [6.45, 7) is 1.70. The van der Waals surface area contributed by atoms with Gasteiger partial charge in [0.05, 0.1) is 34.2 Å². The summed E-state index contributed by atoms with van der Waals surface area (Å²) in [7, 11) is 1.13. The van der Waals surface area contributed by atoms with Crippen molar-refractivity contribution in [2.24, 2.45) is 0 Å². The fraction of sp³-hybridized carbons (Fsp3) is 0.516. The number of halogens is 7. The number of benzene rings is 2. The molecule has 260 valence electrons. The first-order chi connectivity index (χ1) is 22.8. The monoisotopic (exact) mass is 702 g/mol. The molecule has 0 aliphatic carbocycles. The number of hydrogen-bond acceptors (Lipinski definition) is 9. The molecule has 1 aromatic heterocycles. The van der Waals surface area contributed by atoms with Crippen molar-refractivity contribution >= 4 is 40.5 Å². The number of piperazine rings is 1. The standard InChI is InChI=1S/C30H31ClF6N6O2.CH2O2/c1-44-26-21-25(23(33)20(24(26)34)18-7-15(38)8-19(31)22(18)30(35,36)37)40-28(41-27(21)42-11-16-3-4-17(12-42)39-16)45-13-29-5-2-6-43(29)10-14(32)9-29;2-1-3/h7-8,14,16-17,39H,2-6,9-13,38H2,1H3;1H,(H,2,3)/t14-,16?,17?,29+;/m1./s1. The van der Waals surface area contributed by atoms with Crippen molar-refractivity contribution in [1.29, 1.82) is 0 Å². The molecule has 4 aliphatic heterocycles. The summed E-state index contributed by atoms with van der Waals surface area (Å²) in [4.78, 5) is 21.2. The fourth-order valence-corrected chi connectivity index (χ4v) is 8.02. The summed E-state index contributed by atoms with van der Waals surface area (Å²) in [5.74, 6) is -3.16. The van der Waals surface area contributed by atoms with Gasteiger partial charge in [-0.15, -0.1) is 0 Å². The fourth-order valence-electron chi connectivity index (χ4n) is 7.69. The van der Waals surface area contributed by atoms with Crippen LogP contribution in [0.2, 0.25) is 5.02 Å². The number of anilines is 2. The molecule has 2 bridgehead atoms. The molecular weight excluding hydrogens is 670 g/mol. The normalized spacial score (nSPS) is 25.2. The van der Waals surface area contributed by atoms with E-state index in [4.69, 9.17) is 36.7 Å². The Morgan fingerprint density at radius 1 is 1.17 bits per heavy atom. The van der Waals surface area contributed by atoms with Crippen LogP contribution < -0.4 is 25.4 Å². The number of fused-ring (bicyclic) bond motifs is 4. The quantitative estimate of drug-likeness (QED) is 0.174. The van der Waals surface area contributed by atoms with Gasteiger partial charge in [0, 0.05) is 49.4 Å². The van der Waals surface area contributed by atoms with Crippen LogP contribution in [0.15, 0.2) is 12.1 Å². The molecule has 3 aromatic rings. The molecule has 48 heavy (non-hydrogen) atoms. The predicted octanol–water partition coefficient (Wildman–Crippen LogP) is 5.43. The number of alkyl halides is 4. The van der Waals surface area contributed by atoms with Gasteiger partial charge in [0.25, 0.3) is 6.47 Å². The topological polar surface area (TPSA) is 126 Å². The highest BCUT2D eigenvalue weighted by molar-refractivity contribution is 6.32. The Balaban J connectivity index is 0.00000129. The minimum absolute atomic E-state index is 0.0288. The second kappa shape index (κ2) is 12.9. The molecule has 0 radical (unpaired) electrons. The molecule has 4 saturated heterocycles. The molecule has 7 rings (SSSR count). The van der Waals surface area contributed by atoms with Crippen LogP contribution in [0, 0.1) is 11.6 Å². The lowest BCUT2D eigenvalue weighted by Gasteiger charge is -2.35. The van der Waals surface area contributed by atoms with Crippen molar-refractivity contribution < 1.29 is 45.7 Å². The molecular formula is C31H33ClF6N6O4. The Kier molecular flexibility index (Phi) is 9.19. The van der Waals surface area contributed by atoms with Crippen LogP contribution in [-0.2, 0) is 11.0 Å². The molecule has 4 N–H and O–H groups in total. The van der Waals surface area contributed by atoms with E-state index in [1.165, 1.54) is 0 Å². The lowest BCUT2D eigenvalue weighted by atomic mass is 9.95. The van der Waals surface area contributed by atoms with Crippen LogP contribution in [0.3, 0.4) is 0 Å². The zero-order valence-electron chi connectivity index (χ0n) is 25.7. The van der Waals surface area contributed by atoms with Gasteiger partial charge < -0.3 is 30.5 Å². The van der Waals surface area contributed by atoms with Crippen molar-refractivity contribution in [2.75, 3.05) is 50.5 Å². The van der Waals surface area contributed by atoms with Gasteiger partial charge >= 0.3 is 12.2 Å². The molecule has 17 heteroatoms. The van der Waals surface area contributed by atoms with E-state index >= 15 is 8.78 Å². The molecule has 2 aromatic carbocycles. The number of nitrogens with one attached hydrogen (secondary N) is 1. The third-order valence-corrected chi connectivity index (χ3v) is 9.86. The first kappa shape index (κ1) is 34.1. The van der Waals surface area contributed by atoms with Crippen molar-refractivity contribution in [3.63, 3.8) is 0 Å². The second-order valence-corrected chi connectivity index (χ2v) is 12.9. The van der Waals surface area contributed by atoms with Crippen LogP contribution in [0.5, 0.6) is 11.8 Å². The number of nitrogens with zero attached hydrogens (tertiary/aromatic N) is 4. The summed E-state index contributed by atoms with van der Waals surface area (Å²) >= 11 is 5.94. The predicted molar refractivity (Wildman–Crippen MR) is 165 cm³/mol.